The van der Waals surface area contributed by atoms with E-state index in [0.29, 0.717) is 62.2 Å². The lowest BCUT2D eigenvalue weighted by atomic mass is 9.98. The number of benzene rings is 3. The molecule has 8 rings (SSSR count). The maximum atomic E-state index is 15.2. The van der Waals surface area contributed by atoms with Crippen molar-refractivity contribution >= 4 is 62.6 Å². The van der Waals surface area contributed by atoms with Crippen LogP contribution in [-0.2, 0) is 24.8 Å². The van der Waals surface area contributed by atoms with Gasteiger partial charge in [0.1, 0.15) is 17.1 Å². The zero-order valence-corrected chi connectivity index (χ0v) is 32.8. The van der Waals surface area contributed by atoms with Gasteiger partial charge in [-0.05, 0) is 94.5 Å². The van der Waals surface area contributed by atoms with Gasteiger partial charge in [0.15, 0.2) is 0 Å². The van der Waals surface area contributed by atoms with Crippen LogP contribution in [-0.4, -0.2) is 62.3 Å². The minimum absolute atomic E-state index is 0.144. The van der Waals surface area contributed by atoms with Gasteiger partial charge in [0.05, 0.1) is 47.3 Å². The van der Waals surface area contributed by atoms with Crippen molar-refractivity contribution in [2.24, 2.45) is 13.0 Å². The summed E-state index contributed by atoms with van der Waals surface area (Å²) in [7, 11) is 1.93. The van der Waals surface area contributed by atoms with E-state index in [-0.39, 0.29) is 23.6 Å². The molecule has 10 nitrogen and oxygen atoms in total. The molecule has 6 aromatic rings. The molecule has 3 aromatic heterocycles. The van der Waals surface area contributed by atoms with Gasteiger partial charge in [-0.3, -0.25) is 9.48 Å². The fraction of sp³-hybridized carbons (Fsp3) is 0.357. The van der Waals surface area contributed by atoms with Crippen LogP contribution in [0.4, 0.5) is 5.69 Å². The molecule has 280 valence electrons. The summed E-state index contributed by atoms with van der Waals surface area (Å²) >= 11 is 13.5. The van der Waals surface area contributed by atoms with Crippen LogP contribution in [0.3, 0.4) is 0 Å². The van der Waals surface area contributed by atoms with Crippen molar-refractivity contribution in [1.29, 1.82) is 0 Å². The second-order valence-electron chi connectivity index (χ2n) is 14.8. The number of hydrogen-bond acceptors (Lipinski definition) is 5. The number of ether oxygens (including phenoxy) is 2. The van der Waals surface area contributed by atoms with Gasteiger partial charge in [0.2, 0.25) is 0 Å². The van der Waals surface area contributed by atoms with E-state index in [2.05, 4.69) is 11.5 Å². The van der Waals surface area contributed by atoms with Gasteiger partial charge in [-0.15, -0.1) is 0 Å². The molecule has 0 bridgehead atoms. The van der Waals surface area contributed by atoms with Gasteiger partial charge in [-0.2, -0.15) is 5.10 Å². The third kappa shape index (κ3) is 5.86. The summed E-state index contributed by atoms with van der Waals surface area (Å²) < 4.78 is 17.6. The Balaban J connectivity index is 1.27. The van der Waals surface area contributed by atoms with E-state index < -0.39 is 5.97 Å². The number of carbonyl (C=O) groups excluding carboxylic acids is 1. The Morgan fingerprint density at radius 2 is 1.76 bits per heavy atom. The van der Waals surface area contributed by atoms with Crippen LogP contribution >= 0.6 is 23.2 Å². The lowest BCUT2D eigenvalue weighted by Gasteiger charge is -2.35. The van der Waals surface area contributed by atoms with E-state index in [0.717, 1.165) is 71.8 Å². The van der Waals surface area contributed by atoms with Crippen LogP contribution in [0, 0.1) is 33.6 Å². The Kier molecular flexibility index (Phi) is 9.27. The van der Waals surface area contributed by atoms with Crippen molar-refractivity contribution in [3.63, 3.8) is 0 Å². The van der Waals surface area contributed by atoms with E-state index in [1.165, 1.54) is 0 Å². The molecule has 12 heteroatoms. The summed E-state index contributed by atoms with van der Waals surface area (Å²) in [5.74, 6) is -0.192. The quantitative estimate of drug-likeness (QED) is 0.140. The molecule has 1 saturated heterocycles. The number of hydrogen-bond donors (Lipinski definition) is 1. The van der Waals surface area contributed by atoms with Gasteiger partial charge in [-0.25, -0.2) is 4.79 Å². The first-order valence-corrected chi connectivity index (χ1v) is 19.1. The minimum atomic E-state index is -1.00. The number of anilines is 1. The molecular formula is C42H43Cl2N5O5. The first-order chi connectivity index (χ1) is 25.8. The molecule has 1 N–H and O–H groups in total. The predicted molar refractivity (Wildman–Crippen MR) is 213 cm³/mol. The summed E-state index contributed by atoms with van der Waals surface area (Å²) in [5.41, 5.74) is 9.66. The zero-order valence-electron chi connectivity index (χ0n) is 31.3. The van der Waals surface area contributed by atoms with Crippen molar-refractivity contribution < 1.29 is 24.2 Å². The number of rotatable bonds is 10. The van der Waals surface area contributed by atoms with Crippen LogP contribution in [0.25, 0.3) is 32.9 Å². The minimum Gasteiger partial charge on any atom is -0.494 e. The number of amides is 1. The van der Waals surface area contributed by atoms with E-state index in [1.54, 1.807) is 6.07 Å². The number of aryl methyl sites for hydroxylation is 5. The normalized spacial score (nSPS) is 16.0. The number of halogens is 2. The highest BCUT2D eigenvalue weighted by Crippen LogP contribution is 2.46. The van der Waals surface area contributed by atoms with E-state index >= 15 is 4.79 Å². The second kappa shape index (κ2) is 13.8. The molecule has 2 aliphatic heterocycles. The molecular weight excluding hydrogens is 725 g/mol. The standard InChI is InChI=1S/C42H43Cl2N5O5/c1-22-15-29(16-23(2)37(22)44)54-14-8-10-30-31-12-13-32(43)36(35-25(4)45-46(6)26(35)5)39(31)49-24(3)18-48(41(50)40(30)49)33-11-7-9-28-17-34(42(51)52)47(38(28)33)19-27-20-53-21-27/h7,9,11-13,15-17,24,27H,8,10,14,18-21H2,1-6H3,(H,51,52). The average molecular weight is 769 g/mol. The Labute approximate surface area is 323 Å². The van der Waals surface area contributed by atoms with Crippen LogP contribution in [0.15, 0.2) is 48.5 Å². The number of para-hydroxylation sites is 1. The number of carbonyl (C=O) groups is 2. The molecule has 1 fully saturated rings. The molecule has 5 heterocycles. The van der Waals surface area contributed by atoms with Crippen molar-refractivity contribution in [3.05, 3.63) is 98.0 Å². The van der Waals surface area contributed by atoms with Crippen LogP contribution < -0.4 is 9.64 Å². The molecule has 0 aliphatic carbocycles. The maximum Gasteiger partial charge on any atom is 0.352 e. The second-order valence-corrected chi connectivity index (χ2v) is 15.6. The highest BCUT2D eigenvalue weighted by Gasteiger charge is 2.38. The number of aromatic carboxylic acids is 1. The van der Waals surface area contributed by atoms with Crippen molar-refractivity contribution in [2.45, 2.75) is 60.0 Å². The van der Waals surface area contributed by atoms with Gasteiger partial charge >= 0.3 is 5.97 Å². The molecule has 54 heavy (non-hydrogen) atoms. The highest BCUT2D eigenvalue weighted by molar-refractivity contribution is 6.35. The lowest BCUT2D eigenvalue weighted by Crippen LogP contribution is -2.43. The third-order valence-electron chi connectivity index (χ3n) is 11.1. The van der Waals surface area contributed by atoms with E-state index in [1.807, 2.05) is 91.4 Å². The Morgan fingerprint density at radius 1 is 1.02 bits per heavy atom. The number of nitrogens with zero attached hydrogens (tertiary/aromatic N) is 5. The molecule has 1 atom stereocenters. The smallest absolute Gasteiger partial charge is 0.352 e. The highest BCUT2D eigenvalue weighted by atomic mass is 35.5. The Morgan fingerprint density at radius 3 is 2.41 bits per heavy atom. The molecule has 3 aromatic carbocycles. The monoisotopic (exact) mass is 767 g/mol. The first kappa shape index (κ1) is 36.2. The average Bonchev–Trinajstić information content (AvgIpc) is 3.74. The Bertz CT molecular complexity index is 2480. The summed E-state index contributed by atoms with van der Waals surface area (Å²) in [6, 6.07) is 15.1. The topological polar surface area (TPSA) is 104 Å². The fourth-order valence-electron chi connectivity index (χ4n) is 8.47. The van der Waals surface area contributed by atoms with Crippen molar-refractivity contribution in [2.75, 3.05) is 31.3 Å². The molecule has 0 spiro atoms. The molecule has 1 unspecified atom stereocenters. The molecule has 2 aliphatic rings. The molecule has 0 saturated carbocycles. The summed E-state index contributed by atoms with van der Waals surface area (Å²) in [6.45, 7) is 12.6. The zero-order chi connectivity index (χ0) is 38.2. The summed E-state index contributed by atoms with van der Waals surface area (Å²) in [5, 5.41) is 18.0. The van der Waals surface area contributed by atoms with Crippen LogP contribution in [0.5, 0.6) is 5.75 Å². The Hall–Kier alpha value is -4.77. The maximum absolute atomic E-state index is 15.2. The lowest BCUT2D eigenvalue weighted by molar-refractivity contribution is -0.0391. The number of fused-ring (bicyclic) bond motifs is 4. The molecule has 0 radical (unpaired) electrons. The first-order valence-electron chi connectivity index (χ1n) is 18.4. The van der Waals surface area contributed by atoms with Crippen molar-refractivity contribution in [1.82, 2.24) is 18.9 Å². The predicted octanol–water partition coefficient (Wildman–Crippen LogP) is 9.11. The van der Waals surface area contributed by atoms with E-state index in [9.17, 15) is 9.90 Å². The largest absolute Gasteiger partial charge is 0.494 e. The summed E-state index contributed by atoms with van der Waals surface area (Å²) in [6.07, 6.45) is 1.23. The van der Waals surface area contributed by atoms with Gasteiger partial charge in [0.25, 0.3) is 5.91 Å². The number of carboxylic acids is 1. The molecule has 1 amide bonds. The fourth-order valence-corrected chi connectivity index (χ4v) is 8.83. The SMILES string of the molecule is Cc1cc(OCCCc2c3n(c4c(-c5c(C)nn(C)c5C)c(Cl)ccc24)C(C)CN(c2cccc4cc(C(=O)O)n(CC5COC5)c24)C3=O)cc(C)c1Cl. The van der Waals surface area contributed by atoms with Crippen LogP contribution in [0.2, 0.25) is 10.0 Å². The number of aromatic nitrogens is 4. The summed E-state index contributed by atoms with van der Waals surface area (Å²) in [4.78, 5) is 29.6. The van der Waals surface area contributed by atoms with Gasteiger partial charge < -0.3 is 28.6 Å². The third-order valence-corrected chi connectivity index (χ3v) is 12.0. The van der Waals surface area contributed by atoms with Gasteiger partial charge in [0, 0.05) is 64.7 Å². The van der Waals surface area contributed by atoms with Gasteiger partial charge in [-0.1, -0.05) is 41.4 Å². The van der Waals surface area contributed by atoms with Crippen LogP contribution in [0.1, 0.15) is 68.4 Å². The number of carboxylic acid groups (broad SMARTS) is 1. The van der Waals surface area contributed by atoms with Crippen molar-refractivity contribution in [3.8, 4) is 16.9 Å². The van der Waals surface area contributed by atoms with E-state index in [4.69, 9.17) is 37.8 Å².